The lowest BCUT2D eigenvalue weighted by Crippen LogP contribution is -2.19. The van der Waals surface area contributed by atoms with Crippen molar-refractivity contribution in [3.63, 3.8) is 0 Å². The second kappa shape index (κ2) is 7.06. The summed E-state index contributed by atoms with van der Waals surface area (Å²) < 4.78 is 2.03. The van der Waals surface area contributed by atoms with Gasteiger partial charge in [0, 0.05) is 18.1 Å². The number of amidine groups is 1. The molecule has 0 unspecified atom stereocenters. The van der Waals surface area contributed by atoms with E-state index >= 15 is 0 Å². The van der Waals surface area contributed by atoms with Gasteiger partial charge in [-0.25, -0.2) is 4.99 Å². The number of hydrogen-bond acceptors (Lipinski definition) is 3. The Labute approximate surface area is 156 Å². The average Bonchev–Trinajstić information content (AvgIpc) is 3.23. The molecule has 0 spiro atoms. The number of carbonyl (C=O) groups is 1. The smallest absolute Gasteiger partial charge is 0.264 e. The van der Waals surface area contributed by atoms with Crippen LogP contribution in [0.3, 0.4) is 0 Å². The Balaban J connectivity index is 1.55. The maximum Gasteiger partial charge on any atom is 0.264 e. The summed E-state index contributed by atoms with van der Waals surface area (Å²) in [6, 6.07) is 20.0. The topological polar surface area (TPSA) is 46.4 Å². The van der Waals surface area contributed by atoms with Crippen LogP contribution in [0.5, 0.6) is 0 Å². The van der Waals surface area contributed by atoms with Crippen molar-refractivity contribution in [2.24, 2.45) is 4.99 Å². The molecule has 0 aliphatic carbocycles. The number of rotatable bonds is 3. The van der Waals surface area contributed by atoms with Crippen molar-refractivity contribution in [3.8, 4) is 5.69 Å². The van der Waals surface area contributed by atoms with Crippen molar-refractivity contribution < 1.29 is 4.79 Å². The zero-order valence-electron chi connectivity index (χ0n) is 14.2. The molecule has 128 valence electrons. The molecule has 4 nitrogen and oxygen atoms in total. The number of aliphatic imine (C=N–C) groups is 1. The predicted molar refractivity (Wildman–Crippen MR) is 108 cm³/mol. The highest BCUT2D eigenvalue weighted by Gasteiger charge is 2.23. The Kier molecular flexibility index (Phi) is 4.46. The Morgan fingerprint density at radius 1 is 1.08 bits per heavy atom. The molecule has 2 aromatic carbocycles. The average molecular weight is 359 g/mol. The highest BCUT2D eigenvalue weighted by molar-refractivity contribution is 8.18. The number of benzene rings is 2. The molecule has 5 heteroatoms. The summed E-state index contributed by atoms with van der Waals surface area (Å²) in [4.78, 5) is 17.4. The normalized spacial score (nSPS) is 17.0. The molecule has 1 N–H and O–H groups in total. The lowest BCUT2D eigenvalue weighted by Gasteiger charge is -2.00. The molecule has 0 bridgehead atoms. The van der Waals surface area contributed by atoms with E-state index in [4.69, 9.17) is 0 Å². The first-order valence-electron chi connectivity index (χ1n) is 8.27. The predicted octanol–water partition coefficient (Wildman–Crippen LogP) is 4.68. The summed E-state index contributed by atoms with van der Waals surface area (Å²) in [7, 11) is 0. The van der Waals surface area contributed by atoms with Gasteiger partial charge in [0.05, 0.1) is 10.6 Å². The van der Waals surface area contributed by atoms with Gasteiger partial charge in [-0.2, -0.15) is 0 Å². The van der Waals surface area contributed by atoms with Crippen LogP contribution < -0.4 is 5.32 Å². The third kappa shape index (κ3) is 3.63. The van der Waals surface area contributed by atoms with E-state index in [-0.39, 0.29) is 5.91 Å². The second-order valence-electron chi connectivity index (χ2n) is 6.01. The molecule has 3 aromatic rings. The number of amides is 1. The van der Waals surface area contributed by atoms with Crippen LogP contribution in [-0.2, 0) is 4.79 Å². The number of para-hydroxylation sites is 1. The maximum absolute atomic E-state index is 12.2. The molecular formula is C21H17N3OS. The minimum absolute atomic E-state index is 0.117. The third-order valence-corrected chi connectivity index (χ3v) is 4.86. The van der Waals surface area contributed by atoms with E-state index in [0.29, 0.717) is 10.1 Å². The van der Waals surface area contributed by atoms with Gasteiger partial charge in [0.2, 0.25) is 0 Å². The molecular weight excluding hydrogens is 342 g/mol. The molecule has 1 saturated heterocycles. The second-order valence-corrected chi connectivity index (χ2v) is 7.04. The first-order valence-corrected chi connectivity index (χ1v) is 9.09. The molecule has 1 aromatic heterocycles. The summed E-state index contributed by atoms with van der Waals surface area (Å²) in [5, 5.41) is 3.44. The number of nitrogens with zero attached hydrogens (tertiary/aromatic N) is 2. The Morgan fingerprint density at radius 3 is 2.73 bits per heavy atom. The summed E-state index contributed by atoms with van der Waals surface area (Å²) in [5.41, 5.74) is 4.04. The molecule has 1 aliphatic heterocycles. The van der Waals surface area contributed by atoms with E-state index in [9.17, 15) is 4.79 Å². The number of aryl methyl sites for hydroxylation is 1. The fraction of sp³-hybridized carbons (Fsp3) is 0.0476. The van der Waals surface area contributed by atoms with Crippen LogP contribution in [0.15, 0.2) is 83.0 Å². The van der Waals surface area contributed by atoms with Crippen LogP contribution in [0, 0.1) is 6.92 Å². The van der Waals surface area contributed by atoms with Crippen molar-refractivity contribution in [2.45, 2.75) is 6.92 Å². The number of carbonyl (C=O) groups excluding carboxylic acids is 1. The minimum Gasteiger partial charge on any atom is -0.323 e. The van der Waals surface area contributed by atoms with Gasteiger partial charge in [-0.05, 0) is 66.2 Å². The Morgan fingerprint density at radius 2 is 1.92 bits per heavy atom. The van der Waals surface area contributed by atoms with Gasteiger partial charge < -0.3 is 9.88 Å². The van der Waals surface area contributed by atoms with Crippen molar-refractivity contribution >= 4 is 34.6 Å². The Hall–Kier alpha value is -3.05. The summed E-state index contributed by atoms with van der Waals surface area (Å²) in [6.07, 6.45) is 5.88. The van der Waals surface area contributed by atoms with Crippen LogP contribution in [0.4, 0.5) is 5.69 Å². The summed E-state index contributed by atoms with van der Waals surface area (Å²) in [6.45, 7) is 2.02. The Bertz CT molecular complexity index is 1020. The van der Waals surface area contributed by atoms with Crippen molar-refractivity contribution in [2.75, 3.05) is 0 Å². The summed E-state index contributed by atoms with van der Waals surface area (Å²) in [5.74, 6) is -0.117. The van der Waals surface area contributed by atoms with Gasteiger partial charge in [0.25, 0.3) is 5.91 Å². The molecule has 0 radical (unpaired) electrons. The summed E-state index contributed by atoms with van der Waals surface area (Å²) >= 11 is 1.36. The van der Waals surface area contributed by atoms with Crippen LogP contribution in [0.25, 0.3) is 11.8 Å². The first kappa shape index (κ1) is 16.4. The molecule has 26 heavy (non-hydrogen) atoms. The quantitative estimate of drug-likeness (QED) is 0.690. The van der Waals surface area contributed by atoms with Gasteiger partial charge >= 0.3 is 0 Å². The van der Waals surface area contributed by atoms with Gasteiger partial charge in [-0.3, -0.25) is 4.79 Å². The monoisotopic (exact) mass is 359 g/mol. The van der Waals surface area contributed by atoms with Crippen molar-refractivity contribution in [1.29, 1.82) is 0 Å². The van der Waals surface area contributed by atoms with Gasteiger partial charge in [0.1, 0.15) is 0 Å². The molecule has 0 saturated carbocycles. The van der Waals surface area contributed by atoms with E-state index in [0.717, 1.165) is 22.5 Å². The van der Waals surface area contributed by atoms with Crippen molar-refractivity contribution in [3.05, 3.63) is 89.1 Å². The molecule has 1 aliphatic rings. The lowest BCUT2D eigenvalue weighted by atomic mass is 10.2. The first-order chi connectivity index (χ1) is 12.7. The minimum atomic E-state index is -0.117. The van der Waals surface area contributed by atoms with E-state index in [1.165, 1.54) is 11.8 Å². The zero-order valence-corrected chi connectivity index (χ0v) is 15.0. The van der Waals surface area contributed by atoms with E-state index < -0.39 is 0 Å². The fourth-order valence-corrected chi connectivity index (χ4v) is 3.55. The van der Waals surface area contributed by atoms with Crippen LogP contribution in [0.2, 0.25) is 0 Å². The van der Waals surface area contributed by atoms with Gasteiger partial charge in [-0.15, -0.1) is 0 Å². The van der Waals surface area contributed by atoms with E-state index in [1.54, 1.807) is 0 Å². The highest BCUT2D eigenvalue weighted by atomic mass is 32.2. The molecule has 2 heterocycles. The molecule has 1 amide bonds. The van der Waals surface area contributed by atoms with Crippen LogP contribution in [0.1, 0.15) is 11.1 Å². The van der Waals surface area contributed by atoms with Crippen LogP contribution >= 0.6 is 11.8 Å². The number of hydrogen-bond donors (Lipinski definition) is 1. The number of aromatic nitrogens is 1. The van der Waals surface area contributed by atoms with Gasteiger partial charge in [-0.1, -0.05) is 30.3 Å². The third-order valence-electron chi connectivity index (χ3n) is 3.95. The van der Waals surface area contributed by atoms with Crippen molar-refractivity contribution in [1.82, 2.24) is 9.88 Å². The fourth-order valence-electron chi connectivity index (χ4n) is 2.71. The molecule has 1 fully saturated rings. The number of thioether (sulfide) groups is 1. The SMILES string of the molecule is Cc1cccc(N=C2NC(=O)/C(=C\c3ccn(-c4ccccc4)c3)S2)c1. The maximum atomic E-state index is 12.2. The van der Waals surface area contributed by atoms with E-state index in [2.05, 4.69) is 10.3 Å². The standard InChI is InChI=1S/C21H17N3OS/c1-15-6-5-7-17(12-15)22-21-23-20(25)19(26-21)13-16-10-11-24(14-16)18-8-3-2-4-9-18/h2-14H,1H3,(H,22,23,25)/b19-13+. The largest absolute Gasteiger partial charge is 0.323 e. The van der Waals surface area contributed by atoms with Gasteiger partial charge in [0.15, 0.2) is 5.17 Å². The highest BCUT2D eigenvalue weighted by Crippen LogP contribution is 2.28. The molecule has 4 rings (SSSR count). The number of nitrogens with one attached hydrogen (secondary N) is 1. The zero-order chi connectivity index (χ0) is 17.9. The van der Waals surface area contributed by atoms with E-state index in [1.807, 2.05) is 90.6 Å². The van der Waals surface area contributed by atoms with Crippen LogP contribution in [-0.4, -0.2) is 15.6 Å². The lowest BCUT2D eigenvalue weighted by molar-refractivity contribution is -0.115. The molecule has 0 atom stereocenters.